The van der Waals surface area contributed by atoms with Crippen molar-refractivity contribution in [2.75, 3.05) is 19.6 Å². The number of carbonyl (C=O) groups is 1. The van der Waals surface area contributed by atoms with Gasteiger partial charge in [-0.15, -0.1) is 0 Å². The number of nitrogens with one attached hydrogen (secondary N) is 1. The third-order valence-corrected chi connectivity index (χ3v) is 4.86. The van der Waals surface area contributed by atoms with E-state index in [2.05, 4.69) is 52.7 Å². The van der Waals surface area contributed by atoms with Crippen LogP contribution in [0.1, 0.15) is 43.7 Å². The Hall–Kier alpha value is -1.61. The molecule has 3 heteroatoms. The van der Waals surface area contributed by atoms with E-state index in [1.54, 1.807) is 0 Å². The molecule has 3 nitrogen and oxygen atoms in total. The number of nitrogens with zero attached hydrogens (tertiary/aromatic N) is 1. The smallest absolute Gasteiger partial charge is 0.223 e. The SMILES string of the molecule is O=C(NC[C@H](c1ccccc1)N1CCCCC1)C1CC=CC1. The van der Waals surface area contributed by atoms with E-state index in [1.807, 2.05) is 0 Å². The average Bonchev–Trinajstić information content (AvgIpc) is 3.11. The van der Waals surface area contributed by atoms with Gasteiger partial charge < -0.3 is 5.32 Å². The second-order valence-corrected chi connectivity index (χ2v) is 6.41. The Morgan fingerprint density at radius 2 is 1.77 bits per heavy atom. The summed E-state index contributed by atoms with van der Waals surface area (Å²) in [6.07, 6.45) is 9.88. The molecule has 1 aliphatic carbocycles. The first kappa shape index (κ1) is 15.3. The number of piperidine rings is 1. The predicted molar refractivity (Wildman–Crippen MR) is 89.5 cm³/mol. The fraction of sp³-hybridized carbons (Fsp3) is 0.526. The molecule has 2 aliphatic rings. The fourth-order valence-electron chi connectivity index (χ4n) is 3.54. The van der Waals surface area contributed by atoms with Crippen molar-refractivity contribution in [1.29, 1.82) is 0 Å². The molecule has 0 saturated carbocycles. The standard InChI is InChI=1S/C19H26N2O/c22-19(17-11-5-6-12-17)20-15-18(16-9-3-1-4-10-16)21-13-7-2-8-14-21/h1,3-6,9-10,17-18H,2,7-8,11-15H2,(H,20,22)/t18-/m1/s1. The Kier molecular flexibility index (Phi) is 5.28. The number of allylic oxidation sites excluding steroid dienone is 2. The molecule has 1 N–H and O–H groups in total. The van der Waals surface area contributed by atoms with Crippen LogP contribution in [-0.4, -0.2) is 30.4 Å². The van der Waals surface area contributed by atoms with E-state index < -0.39 is 0 Å². The monoisotopic (exact) mass is 298 g/mol. The van der Waals surface area contributed by atoms with Crippen molar-refractivity contribution in [2.45, 2.75) is 38.1 Å². The van der Waals surface area contributed by atoms with Gasteiger partial charge in [0.05, 0.1) is 6.04 Å². The highest BCUT2D eigenvalue weighted by Crippen LogP contribution is 2.24. The molecule has 0 bridgehead atoms. The van der Waals surface area contributed by atoms with Gasteiger partial charge >= 0.3 is 0 Å². The van der Waals surface area contributed by atoms with Gasteiger partial charge in [-0.2, -0.15) is 0 Å². The summed E-state index contributed by atoms with van der Waals surface area (Å²) in [6.45, 7) is 3.00. The Bertz CT molecular complexity index is 497. The van der Waals surface area contributed by atoms with Crippen molar-refractivity contribution in [3.05, 3.63) is 48.0 Å². The Balaban J connectivity index is 1.64. The summed E-state index contributed by atoms with van der Waals surface area (Å²) in [4.78, 5) is 14.8. The van der Waals surface area contributed by atoms with Gasteiger partial charge in [0.15, 0.2) is 0 Å². The Morgan fingerprint density at radius 3 is 2.45 bits per heavy atom. The molecule has 0 radical (unpaired) electrons. The van der Waals surface area contributed by atoms with Crippen LogP contribution < -0.4 is 5.32 Å². The zero-order valence-electron chi connectivity index (χ0n) is 13.2. The van der Waals surface area contributed by atoms with Crippen LogP contribution in [-0.2, 0) is 4.79 Å². The molecule has 22 heavy (non-hydrogen) atoms. The number of likely N-dealkylation sites (tertiary alicyclic amines) is 1. The molecule has 1 fully saturated rings. The number of hydrogen-bond donors (Lipinski definition) is 1. The third kappa shape index (κ3) is 3.77. The lowest BCUT2D eigenvalue weighted by molar-refractivity contribution is -0.124. The second-order valence-electron chi connectivity index (χ2n) is 6.41. The molecule has 1 aromatic carbocycles. The molecule has 1 aliphatic heterocycles. The zero-order valence-corrected chi connectivity index (χ0v) is 13.2. The van der Waals surface area contributed by atoms with Gasteiger partial charge in [0.25, 0.3) is 0 Å². The van der Waals surface area contributed by atoms with E-state index in [9.17, 15) is 4.79 Å². The highest BCUT2D eigenvalue weighted by atomic mass is 16.1. The minimum atomic E-state index is 0.151. The van der Waals surface area contributed by atoms with Crippen molar-refractivity contribution < 1.29 is 4.79 Å². The first-order valence-electron chi connectivity index (χ1n) is 8.56. The van der Waals surface area contributed by atoms with Crippen LogP contribution >= 0.6 is 0 Å². The van der Waals surface area contributed by atoms with Crippen LogP contribution in [0.5, 0.6) is 0 Å². The lowest BCUT2D eigenvalue weighted by Gasteiger charge is -2.35. The molecule has 1 aromatic rings. The molecule has 118 valence electrons. The lowest BCUT2D eigenvalue weighted by Crippen LogP contribution is -2.41. The maximum Gasteiger partial charge on any atom is 0.223 e. The van der Waals surface area contributed by atoms with Crippen LogP contribution in [0.25, 0.3) is 0 Å². The first-order chi connectivity index (χ1) is 10.8. The molecule has 1 atom stereocenters. The molecule has 1 amide bonds. The summed E-state index contributed by atoms with van der Waals surface area (Å²) in [5.41, 5.74) is 1.31. The van der Waals surface area contributed by atoms with Crippen LogP contribution in [0.4, 0.5) is 0 Å². The number of rotatable bonds is 5. The van der Waals surface area contributed by atoms with Gasteiger partial charge in [0, 0.05) is 12.5 Å². The highest BCUT2D eigenvalue weighted by Gasteiger charge is 2.24. The van der Waals surface area contributed by atoms with Gasteiger partial charge in [-0.25, -0.2) is 0 Å². The van der Waals surface area contributed by atoms with Gasteiger partial charge in [0.1, 0.15) is 0 Å². The van der Waals surface area contributed by atoms with Gasteiger partial charge in [-0.05, 0) is 44.3 Å². The molecular weight excluding hydrogens is 272 g/mol. The van der Waals surface area contributed by atoms with E-state index >= 15 is 0 Å². The average molecular weight is 298 g/mol. The fourth-order valence-corrected chi connectivity index (χ4v) is 3.54. The largest absolute Gasteiger partial charge is 0.354 e. The quantitative estimate of drug-likeness (QED) is 0.846. The van der Waals surface area contributed by atoms with Crippen molar-refractivity contribution in [1.82, 2.24) is 10.2 Å². The van der Waals surface area contributed by atoms with Crippen molar-refractivity contribution >= 4 is 5.91 Å². The van der Waals surface area contributed by atoms with Gasteiger partial charge in [-0.1, -0.05) is 48.9 Å². The summed E-state index contributed by atoms with van der Waals surface area (Å²) >= 11 is 0. The maximum atomic E-state index is 12.3. The molecule has 0 spiro atoms. The van der Waals surface area contributed by atoms with Crippen LogP contribution in [0, 0.1) is 5.92 Å². The Labute approximate surface area is 133 Å². The summed E-state index contributed by atoms with van der Waals surface area (Å²) in [5.74, 6) is 0.362. The summed E-state index contributed by atoms with van der Waals surface area (Å²) in [7, 11) is 0. The highest BCUT2D eigenvalue weighted by molar-refractivity contribution is 5.79. The zero-order chi connectivity index (χ0) is 15.2. The molecule has 1 saturated heterocycles. The second kappa shape index (κ2) is 7.59. The minimum Gasteiger partial charge on any atom is -0.354 e. The summed E-state index contributed by atoms with van der Waals surface area (Å²) in [6, 6.07) is 10.9. The number of hydrogen-bond acceptors (Lipinski definition) is 2. The normalized spacial score (nSPS) is 20.9. The summed E-state index contributed by atoms with van der Waals surface area (Å²) in [5, 5.41) is 3.20. The van der Waals surface area contributed by atoms with E-state index in [0.29, 0.717) is 6.04 Å². The third-order valence-electron chi connectivity index (χ3n) is 4.86. The first-order valence-corrected chi connectivity index (χ1v) is 8.56. The lowest BCUT2D eigenvalue weighted by atomic mass is 10.0. The van der Waals surface area contributed by atoms with Crippen molar-refractivity contribution in [3.63, 3.8) is 0 Å². The predicted octanol–water partition coefficient (Wildman–Crippen LogP) is 3.30. The Morgan fingerprint density at radius 1 is 1.09 bits per heavy atom. The van der Waals surface area contributed by atoms with Crippen LogP contribution in [0.2, 0.25) is 0 Å². The topological polar surface area (TPSA) is 32.3 Å². The minimum absolute atomic E-state index is 0.151. The summed E-state index contributed by atoms with van der Waals surface area (Å²) < 4.78 is 0. The van der Waals surface area contributed by atoms with Crippen molar-refractivity contribution in [3.8, 4) is 0 Å². The number of carbonyl (C=O) groups excluding carboxylic acids is 1. The molecule has 0 aromatic heterocycles. The van der Waals surface area contributed by atoms with Gasteiger partial charge in [0.2, 0.25) is 5.91 Å². The van der Waals surface area contributed by atoms with E-state index in [0.717, 1.165) is 32.5 Å². The van der Waals surface area contributed by atoms with E-state index in [4.69, 9.17) is 0 Å². The maximum absolute atomic E-state index is 12.3. The molecule has 0 unspecified atom stereocenters. The van der Waals surface area contributed by atoms with Crippen molar-refractivity contribution in [2.24, 2.45) is 5.92 Å². The van der Waals surface area contributed by atoms with Crippen LogP contribution in [0.15, 0.2) is 42.5 Å². The van der Waals surface area contributed by atoms with Crippen LogP contribution in [0.3, 0.4) is 0 Å². The van der Waals surface area contributed by atoms with E-state index in [-0.39, 0.29) is 11.8 Å². The molecule has 3 rings (SSSR count). The molecular formula is C19H26N2O. The molecule has 1 heterocycles. The number of benzene rings is 1. The number of amides is 1. The van der Waals surface area contributed by atoms with E-state index in [1.165, 1.54) is 24.8 Å². The van der Waals surface area contributed by atoms with Gasteiger partial charge in [-0.3, -0.25) is 9.69 Å².